The number of pyridine rings is 1. The topological polar surface area (TPSA) is 52.0 Å². The molecule has 0 aliphatic carbocycles. The molecule has 0 bridgehead atoms. The summed E-state index contributed by atoms with van der Waals surface area (Å²) in [5.74, 6) is 2.96. The molecule has 0 aliphatic rings. The van der Waals surface area contributed by atoms with Crippen LogP contribution in [-0.2, 0) is 13.0 Å². The SMILES string of the molecule is C[Si](C)(C)C#Cc1ccc(=O)n(CC(=O)c2nc(Cc3ccccc3)cs2)c1. The Morgan fingerprint density at radius 1 is 1.14 bits per heavy atom. The molecular formula is C22H22N2O2SSi. The third-order valence-corrected chi connectivity index (χ3v) is 5.70. The number of thiazole rings is 1. The number of benzene rings is 1. The number of hydrogen-bond acceptors (Lipinski definition) is 4. The minimum atomic E-state index is -1.51. The Balaban J connectivity index is 1.74. The van der Waals surface area contributed by atoms with Gasteiger partial charge in [0.25, 0.3) is 5.56 Å². The van der Waals surface area contributed by atoms with Crippen molar-refractivity contribution in [3.8, 4) is 11.5 Å². The number of carbonyl (C=O) groups is 1. The van der Waals surface area contributed by atoms with Crippen LogP contribution in [0.5, 0.6) is 0 Å². The second-order valence-electron chi connectivity index (χ2n) is 7.61. The van der Waals surface area contributed by atoms with Crippen LogP contribution in [0.3, 0.4) is 0 Å². The van der Waals surface area contributed by atoms with Gasteiger partial charge in [-0.3, -0.25) is 9.59 Å². The first-order valence-electron chi connectivity index (χ1n) is 9.05. The molecule has 0 unspecified atom stereocenters. The van der Waals surface area contributed by atoms with Crippen molar-refractivity contribution in [2.45, 2.75) is 32.6 Å². The molecule has 0 atom stereocenters. The van der Waals surface area contributed by atoms with Gasteiger partial charge in [-0.2, -0.15) is 0 Å². The Morgan fingerprint density at radius 3 is 2.61 bits per heavy atom. The first-order valence-corrected chi connectivity index (χ1v) is 13.4. The van der Waals surface area contributed by atoms with Crippen LogP contribution >= 0.6 is 11.3 Å². The van der Waals surface area contributed by atoms with Gasteiger partial charge in [0, 0.05) is 29.6 Å². The summed E-state index contributed by atoms with van der Waals surface area (Å²) >= 11 is 1.32. The highest BCUT2D eigenvalue weighted by Gasteiger charge is 2.13. The summed E-state index contributed by atoms with van der Waals surface area (Å²) < 4.78 is 1.41. The van der Waals surface area contributed by atoms with Crippen LogP contribution in [0.4, 0.5) is 0 Å². The Hall–Kier alpha value is -2.75. The molecule has 142 valence electrons. The molecular weight excluding hydrogens is 384 g/mol. The molecule has 3 aromatic rings. The molecule has 0 saturated carbocycles. The number of carbonyl (C=O) groups excluding carboxylic acids is 1. The van der Waals surface area contributed by atoms with E-state index in [-0.39, 0.29) is 17.9 Å². The first-order chi connectivity index (χ1) is 13.3. The minimum Gasteiger partial charge on any atom is -0.306 e. The van der Waals surface area contributed by atoms with Gasteiger partial charge in [-0.15, -0.1) is 16.9 Å². The van der Waals surface area contributed by atoms with Crippen LogP contribution in [-0.4, -0.2) is 23.4 Å². The van der Waals surface area contributed by atoms with Gasteiger partial charge in [0.2, 0.25) is 5.78 Å². The van der Waals surface area contributed by atoms with E-state index in [9.17, 15) is 9.59 Å². The van der Waals surface area contributed by atoms with Crippen molar-refractivity contribution in [1.82, 2.24) is 9.55 Å². The van der Waals surface area contributed by atoms with Crippen molar-refractivity contribution in [2.75, 3.05) is 0 Å². The molecule has 3 rings (SSSR count). The fraction of sp³-hybridized carbons (Fsp3) is 0.227. The minimum absolute atomic E-state index is 0.0282. The van der Waals surface area contributed by atoms with Crippen LogP contribution in [0, 0.1) is 11.5 Å². The predicted molar refractivity (Wildman–Crippen MR) is 117 cm³/mol. The molecule has 0 saturated heterocycles. The van der Waals surface area contributed by atoms with Gasteiger partial charge in [-0.25, -0.2) is 4.98 Å². The van der Waals surface area contributed by atoms with E-state index in [2.05, 4.69) is 36.1 Å². The highest BCUT2D eigenvalue weighted by atomic mass is 32.1. The van der Waals surface area contributed by atoms with Crippen molar-refractivity contribution in [3.05, 3.63) is 86.2 Å². The molecule has 4 nitrogen and oxygen atoms in total. The summed E-state index contributed by atoms with van der Waals surface area (Å²) in [7, 11) is -1.51. The van der Waals surface area contributed by atoms with Crippen LogP contribution in [0.2, 0.25) is 19.6 Å². The van der Waals surface area contributed by atoms with E-state index in [0.29, 0.717) is 11.4 Å². The molecule has 6 heteroatoms. The van der Waals surface area contributed by atoms with Crippen molar-refractivity contribution >= 4 is 25.2 Å². The van der Waals surface area contributed by atoms with Gasteiger partial charge in [0.1, 0.15) is 8.07 Å². The summed E-state index contributed by atoms with van der Waals surface area (Å²) in [6, 6.07) is 13.2. The highest BCUT2D eigenvalue weighted by Crippen LogP contribution is 2.15. The van der Waals surface area contributed by atoms with Gasteiger partial charge in [-0.1, -0.05) is 55.9 Å². The summed E-state index contributed by atoms with van der Waals surface area (Å²) in [5.41, 5.74) is 5.82. The largest absolute Gasteiger partial charge is 0.306 e. The quantitative estimate of drug-likeness (QED) is 0.365. The maximum atomic E-state index is 12.6. The molecule has 0 radical (unpaired) electrons. The molecule has 0 aliphatic heterocycles. The normalized spacial score (nSPS) is 11.0. The lowest BCUT2D eigenvalue weighted by molar-refractivity contribution is 0.0970. The monoisotopic (exact) mass is 406 g/mol. The second-order valence-corrected chi connectivity index (χ2v) is 13.2. The fourth-order valence-corrected chi connectivity index (χ4v) is 3.80. The number of rotatable bonds is 5. The van der Waals surface area contributed by atoms with E-state index in [1.165, 1.54) is 22.0 Å². The third kappa shape index (κ3) is 5.62. The van der Waals surface area contributed by atoms with Crippen molar-refractivity contribution in [2.24, 2.45) is 0 Å². The molecule has 0 fully saturated rings. The van der Waals surface area contributed by atoms with Crippen LogP contribution < -0.4 is 5.56 Å². The van der Waals surface area contributed by atoms with E-state index in [4.69, 9.17) is 0 Å². The van der Waals surface area contributed by atoms with Gasteiger partial charge >= 0.3 is 0 Å². The number of ketones is 1. The highest BCUT2D eigenvalue weighted by molar-refractivity contribution is 7.11. The molecule has 2 aromatic heterocycles. The summed E-state index contributed by atoms with van der Waals surface area (Å²) in [6.45, 7) is 6.46. The zero-order valence-electron chi connectivity index (χ0n) is 16.2. The van der Waals surface area contributed by atoms with E-state index in [1.807, 2.05) is 35.7 Å². The van der Waals surface area contributed by atoms with E-state index in [0.717, 1.165) is 16.8 Å². The third-order valence-electron chi connectivity index (χ3n) is 3.90. The average molecular weight is 407 g/mol. The lowest BCUT2D eigenvalue weighted by Gasteiger charge is -2.05. The lowest BCUT2D eigenvalue weighted by atomic mass is 10.1. The Labute approximate surface area is 169 Å². The zero-order valence-corrected chi connectivity index (χ0v) is 18.0. The number of hydrogen-bond donors (Lipinski definition) is 0. The fourth-order valence-electron chi connectivity index (χ4n) is 2.53. The van der Waals surface area contributed by atoms with Gasteiger partial charge < -0.3 is 4.57 Å². The van der Waals surface area contributed by atoms with Crippen LogP contribution in [0.1, 0.15) is 26.6 Å². The molecule has 0 N–H and O–H groups in total. The van der Waals surface area contributed by atoms with E-state index in [1.54, 1.807) is 12.3 Å². The van der Waals surface area contributed by atoms with Gasteiger partial charge in [-0.05, 0) is 11.6 Å². The second kappa shape index (κ2) is 8.51. The maximum Gasteiger partial charge on any atom is 0.251 e. The van der Waals surface area contributed by atoms with Gasteiger partial charge in [0.05, 0.1) is 12.2 Å². The number of aromatic nitrogens is 2. The first kappa shape index (κ1) is 20.0. The number of nitrogens with zero attached hydrogens (tertiary/aromatic N) is 2. The van der Waals surface area contributed by atoms with Crippen molar-refractivity contribution < 1.29 is 4.79 Å². The Bertz CT molecular complexity index is 1100. The smallest absolute Gasteiger partial charge is 0.251 e. The molecule has 28 heavy (non-hydrogen) atoms. The molecule has 1 aromatic carbocycles. The Kier molecular flexibility index (Phi) is 6.07. The maximum absolute atomic E-state index is 12.6. The predicted octanol–water partition coefficient (Wildman–Crippen LogP) is 4.01. The van der Waals surface area contributed by atoms with Crippen LogP contribution in [0.25, 0.3) is 0 Å². The summed E-state index contributed by atoms with van der Waals surface area (Å²) in [5, 5.41) is 2.33. The molecule has 2 heterocycles. The van der Waals surface area contributed by atoms with Crippen molar-refractivity contribution in [1.29, 1.82) is 0 Å². The lowest BCUT2D eigenvalue weighted by Crippen LogP contribution is -2.23. The van der Waals surface area contributed by atoms with Gasteiger partial charge in [0.15, 0.2) is 5.01 Å². The standard InChI is InChI=1S/C22H22N2O2SSi/c1-28(2,3)12-11-18-9-10-21(26)24(14-18)15-20(25)22-23-19(16-27-22)13-17-7-5-4-6-8-17/h4-10,14,16H,13,15H2,1-3H3. The zero-order chi connectivity index (χ0) is 20.1. The Morgan fingerprint density at radius 2 is 1.89 bits per heavy atom. The number of Topliss-reactive ketones (excluding diaryl/α,β-unsaturated/α-hetero) is 1. The average Bonchev–Trinajstić information content (AvgIpc) is 3.11. The van der Waals surface area contributed by atoms with E-state index >= 15 is 0 Å². The van der Waals surface area contributed by atoms with Crippen LogP contribution in [0.15, 0.2) is 58.8 Å². The summed E-state index contributed by atoms with van der Waals surface area (Å²) in [6.07, 6.45) is 2.35. The molecule has 0 spiro atoms. The van der Waals surface area contributed by atoms with E-state index < -0.39 is 8.07 Å². The van der Waals surface area contributed by atoms with Crippen molar-refractivity contribution in [3.63, 3.8) is 0 Å². The molecule has 0 amide bonds. The summed E-state index contributed by atoms with van der Waals surface area (Å²) in [4.78, 5) is 29.2.